The van der Waals surface area contributed by atoms with E-state index in [2.05, 4.69) is 4.98 Å². The molecule has 0 saturated carbocycles. The Balaban J connectivity index is 3.04. The highest BCUT2D eigenvalue weighted by atomic mass is 32.2. The Morgan fingerprint density at radius 2 is 2.24 bits per heavy atom. The number of sulfonamides is 1. The van der Waals surface area contributed by atoms with Crippen LogP contribution in [0.25, 0.3) is 0 Å². The Morgan fingerprint density at radius 1 is 1.59 bits per heavy atom. The first kappa shape index (κ1) is 14.0. The largest absolute Gasteiger partial charge is 0.395 e. The molecule has 0 spiro atoms. The predicted molar refractivity (Wildman–Crippen MR) is 67.0 cm³/mol. The van der Waals surface area contributed by atoms with E-state index in [4.69, 9.17) is 23.1 Å². The lowest BCUT2D eigenvalue weighted by Crippen LogP contribution is -2.29. The van der Waals surface area contributed by atoms with Gasteiger partial charge in [0.2, 0.25) is 10.0 Å². The van der Waals surface area contributed by atoms with Crippen molar-refractivity contribution >= 4 is 27.2 Å². The zero-order valence-electron chi connectivity index (χ0n) is 9.20. The van der Waals surface area contributed by atoms with Crippen LogP contribution in [0.15, 0.2) is 23.2 Å². The Labute approximate surface area is 105 Å². The van der Waals surface area contributed by atoms with E-state index >= 15 is 0 Å². The number of aliphatic hydroxyl groups is 1. The first-order valence-electron chi connectivity index (χ1n) is 4.72. The van der Waals surface area contributed by atoms with Gasteiger partial charge in [-0.15, -0.1) is 0 Å². The highest BCUT2D eigenvalue weighted by Gasteiger charge is 2.20. The van der Waals surface area contributed by atoms with Gasteiger partial charge in [-0.25, -0.2) is 8.42 Å². The smallest absolute Gasteiger partial charge is 0.244 e. The van der Waals surface area contributed by atoms with Crippen molar-refractivity contribution in [1.29, 1.82) is 0 Å². The third kappa shape index (κ3) is 3.19. The lowest BCUT2D eigenvalue weighted by atomic mass is 10.3. The fraction of sp³-hybridized carbons (Fsp3) is 0.333. The summed E-state index contributed by atoms with van der Waals surface area (Å²) in [7, 11) is -2.23. The molecule has 0 saturated heterocycles. The van der Waals surface area contributed by atoms with Gasteiger partial charge in [0.15, 0.2) is 0 Å². The number of pyridine rings is 1. The van der Waals surface area contributed by atoms with Crippen molar-refractivity contribution in [1.82, 2.24) is 9.29 Å². The van der Waals surface area contributed by atoms with Crippen molar-refractivity contribution in [2.45, 2.75) is 4.90 Å². The summed E-state index contributed by atoms with van der Waals surface area (Å²) in [5.74, 6) is 0. The molecular formula is C9H13N3O3S2. The van der Waals surface area contributed by atoms with Gasteiger partial charge in [0.25, 0.3) is 0 Å². The van der Waals surface area contributed by atoms with Gasteiger partial charge in [0, 0.05) is 19.8 Å². The maximum Gasteiger partial charge on any atom is 0.244 e. The quantitative estimate of drug-likeness (QED) is 0.692. The molecule has 0 atom stereocenters. The van der Waals surface area contributed by atoms with Crippen molar-refractivity contribution in [2.24, 2.45) is 5.73 Å². The third-order valence-electron chi connectivity index (χ3n) is 2.11. The fourth-order valence-electron chi connectivity index (χ4n) is 1.12. The summed E-state index contributed by atoms with van der Waals surface area (Å²) < 4.78 is 24.9. The maximum atomic E-state index is 11.9. The fourth-order valence-corrected chi connectivity index (χ4v) is 2.35. The monoisotopic (exact) mass is 275 g/mol. The molecule has 1 heterocycles. The van der Waals surface area contributed by atoms with Gasteiger partial charge in [0.1, 0.15) is 9.88 Å². The van der Waals surface area contributed by atoms with Gasteiger partial charge in [0.05, 0.1) is 12.3 Å². The number of aliphatic hydroxyl groups excluding tert-OH is 1. The van der Waals surface area contributed by atoms with Crippen molar-refractivity contribution in [3.8, 4) is 0 Å². The van der Waals surface area contributed by atoms with Crippen LogP contribution in [-0.4, -0.2) is 48.0 Å². The molecule has 17 heavy (non-hydrogen) atoms. The van der Waals surface area contributed by atoms with Gasteiger partial charge in [-0.3, -0.25) is 4.98 Å². The van der Waals surface area contributed by atoms with Crippen LogP contribution in [0.3, 0.4) is 0 Å². The summed E-state index contributed by atoms with van der Waals surface area (Å²) in [5.41, 5.74) is 5.72. The molecule has 0 aliphatic heterocycles. The summed E-state index contributed by atoms with van der Waals surface area (Å²) in [4.78, 5) is 4.00. The minimum Gasteiger partial charge on any atom is -0.395 e. The molecule has 0 aliphatic rings. The summed E-state index contributed by atoms with van der Waals surface area (Å²) in [6.07, 6.45) is 1.19. The molecule has 0 fully saturated rings. The number of nitrogens with two attached hydrogens (primary N) is 1. The zero-order chi connectivity index (χ0) is 13.1. The molecule has 94 valence electrons. The molecular weight excluding hydrogens is 262 g/mol. The highest BCUT2D eigenvalue weighted by molar-refractivity contribution is 7.89. The van der Waals surface area contributed by atoms with Crippen LogP contribution in [0.2, 0.25) is 0 Å². The van der Waals surface area contributed by atoms with Gasteiger partial charge in [-0.05, 0) is 12.1 Å². The van der Waals surface area contributed by atoms with Crippen LogP contribution in [-0.2, 0) is 10.0 Å². The Hall–Kier alpha value is -1.09. The van der Waals surface area contributed by atoms with Gasteiger partial charge in [-0.2, -0.15) is 4.31 Å². The molecule has 0 bridgehead atoms. The van der Waals surface area contributed by atoms with Gasteiger partial charge < -0.3 is 10.8 Å². The standard InChI is InChI=1S/C9H13N3O3S2/c1-12(4-5-13)17(14,15)7-2-3-8(9(10)16)11-6-7/h2-3,6,13H,4-5H2,1H3,(H2,10,16). The molecule has 0 aromatic carbocycles. The number of hydrogen-bond donors (Lipinski definition) is 2. The Kier molecular flexibility index (Phi) is 4.52. The normalized spacial score (nSPS) is 11.7. The summed E-state index contributed by atoms with van der Waals surface area (Å²) in [5, 5.41) is 8.71. The average Bonchev–Trinajstić information content (AvgIpc) is 2.29. The van der Waals surface area contributed by atoms with E-state index in [0.717, 1.165) is 4.31 Å². The van der Waals surface area contributed by atoms with Crippen LogP contribution in [0.5, 0.6) is 0 Å². The number of aromatic nitrogens is 1. The van der Waals surface area contributed by atoms with Crippen LogP contribution < -0.4 is 5.73 Å². The van der Waals surface area contributed by atoms with E-state index in [9.17, 15) is 8.42 Å². The Morgan fingerprint density at radius 3 is 2.65 bits per heavy atom. The summed E-state index contributed by atoms with van der Waals surface area (Å²) >= 11 is 4.71. The van der Waals surface area contributed by atoms with E-state index < -0.39 is 10.0 Å². The second kappa shape index (κ2) is 5.50. The van der Waals surface area contributed by atoms with Crippen molar-refractivity contribution < 1.29 is 13.5 Å². The molecule has 0 aliphatic carbocycles. The summed E-state index contributed by atoms with van der Waals surface area (Å²) in [6.45, 7) is -0.215. The minimum absolute atomic E-state index is 0.0272. The van der Waals surface area contributed by atoms with Crippen LogP contribution in [0, 0.1) is 0 Å². The molecule has 1 aromatic heterocycles. The van der Waals surface area contributed by atoms with Crippen LogP contribution in [0.4, 0.5) is 0 Å². The first-order valence-corrected chi connectivity index (χ1v) is 6.57. The van der Waals surface area contributed by atoms with E-state index in [1.54, 1.807) is 0 Å². The number of nitrogens with zero attached hydrogens (tertiary/aromatic N) is 2. The van der Waals surface area contributed by atoms with E-state index in [0.29, 0.717) is 5.69 Å². The van der Waals surface area contributed by atoms with Gasteiger partial charge in [-0.1, -0.05) is 12.2 Å². The number of thiocarbonyl (C=S) groups is 1. The minimum atomic E-state index is -3.62. The third-order valence-corrected chi connectivity index (χ3v) is 4.16. The van der Waals surface area contributed by atoms with E-state index in [-0.39, 0.29) is 23.0 Å². The second-order valence-corrected chi connectivity index (χ2v) is 5.78. The van der Waals surface area contributed by atoms with Crippen molar-refractivity contribution in [3.05, 3.63) is 24.0 Å². The molecule has 1 aromatic rings. The molecule has 0 amide bonds. The van der Waals surface area contributed by atoms with Crippen molar-refractivity contribution in [3.63, 3.8) is 0 Å². The second-order valence-electron chi connectivity index (χ2n) is 3.29. The highest BCUT2D eigenvalue weighted by Crippen LogP contribution is 2.12. The predicted octanol–water partition coefficient (Wildman–Crippen LogP) is -0.671. The Bertz CT molecular complexity index is 499. The number of hydrogen-bond acceptors (Lipinski definition) is 5. The molecule has 6 nitrogen and oxygen atoms in total. The summed E-state index contributed by atoms with van der Waals surface area (Å²) in [6, 6.07) is 2.83. The lowest BCUT2D eigenvalue weighted by molar-refractivity contribution is 0.266. The number of likely N-dealkylation sites (N-methyl/N-ethyl adjacent to an activating group) is 1. The molecule has 0 unspecified atom stereocenters. The molecule has 0 radical (unpaired) electrons. The van der Waals surface area contributed by atoms with Crippen LogP contribution >= 0.6 is 12.2 Å². The molecule has 3 N–H and O–H groups in total. The molecule has 1 rings (SSSR count). The number of rotatable bonds is 5. The van der Waals surface area contributed by atoms with Crippen LogP contribution in [0.1, 0.15) is 5.69 Å². The maximum absolute atomic E-state index is 11.9. The van der Waals surface area contributed by atoms with E-state index in [1.807, 2.05) is 0 Å². The van der Waals surface area contributed by atoms with Gasteiger partial charge >= 0.3 is 0 Å². The first-order chi connectivity index (χ1) is 7.89. The zero-order valence-corrected chi connectivity index (χ0v) is 10.8. The molecule has 8 heteroatoms. The van der Waals surface area contributed by atoms with Crippen molar-refractivity contribution in [2.75, 3.05) is 20.2 Å². The average molecular weight is 275 g/mol. The SMILES string of the molecule is CN(CCO)S(=O)(=O)c1ccc(C(N)=S)nc1. The van der Waals surface area contributed by atoms with E-state index in [1.165, 1.54) is 25.4 Å². The topological polar surface area (TPSA) is 96.5 Å². The lowest BCUT2D eigenvalue weighted by Gasteiger charge is -2.15.